The van der Waals surface area contributed by atoms with Crippen LogP contribution in [0, 0.1) is 5.92 Å². The third-order valence-electron chi connectivity index (χ3n) is 3.16. The lowest BCUT2D eigenvalue weighted by Gasteiger charge is -2.23. The van der Waals surface area contributed by atoms with Crippen LogP contribution in [0.1, 0.15) is 26.7 Å². The lowest BCUT2D eigenvalue weighted by atomic mass is 10.0. The molecule has 7 nitrogen and oxygen atoms in total. The largest absolute Gasteiger partial charge is 0.386 e. The molecule has 0 radical (unpaired) electrons. The molecule has 0 aromatic rings. The van der Waals surface area contributed by atoms with E-state index in [2.05, 4.69) is 27.8 Å². The Balaban J connectivity index is 4.51. The summed E-state index contributed by atoms with van der Waals surface area (Å²) < 4.78 is 0. The second-order valence-corrected chi connectivity index (χ2v) is 5.28. The molecular formula is C14H29N5O2. The van der Waals surface area contributed by atoms with Crippen molar-refractivity contribution in [1.82, 2.24) is 21.3 Å². The summed E-state index contributed by atoms with van der Waals surface area (Å²) in [4.78, 5) is 24.0. The Kier molecular flexibility index (Phi) is 9.20. The van der Waals surface area contributed by atoms with Gasteiger partial charge in [0.25, 0.3) is 0 Å². The van der Waals surface area contributed by atoms with Crippen LogP contribution in [0.25, 0.3) is 0 Å². The van der Waals surface area contributed by atoms with Gasteiger partial charge in [0.15, 0.2) is 0 Å². The zero-order valence-electron chi connectivity index (χ0n) is 13.5. The molecule has 2 unspecified atom stereocenters. The first kappa shape index (κ1) is 19.2. The van der Waals surface area contributed by atoms with E-state index < -0.39 is 6.04 Å². The number of likely N-dealkylation sites (N-methyl/N-ethyl adjacent to an activating group) is 2. The number of rotatable bonds is 10. The standard InChI is InChI=1S/C14H29N5O2/c1-9(2)12(16-4)14(21)19-11(13(20)17-5)7-6-8-18-10(3)15/h9,11-12,16,18H,3,6-8,15H2,1-2,4-5H3,(H,17,20)(H,19,21). The van der Waals surface area contributed by atoms with Gasteiger partial charge in [-0.05, 0) is 25.8 Å². The van der Waals surface area contributed by atoms with Crippen LogP contribution in [0.5, 0.6) is 0 Å². The van der Waals surface area contributed by atoms with E-state index in [1.807, 2.05) is 13.8 Å². The smallest absolute Gasteiger partial charge is 0.242 e. The molecule has 0 saturated heterocycles. The summed E-state index contributed by atoms with van der Waals surface area (Å²) in [5.74, 6) is 0.166. The van der Waals surface area contributed by atoms with E-state index in [-0.39, 0.29) is 23.8 Å². The predicted octanol–water partition coefficient (Wildman–Crippen LogP) is -0.739. The second-order valence-electron chi connectivity index (χ2n) is 5.28. The van der Waals surface area contributed by atoms with Crippen molar-refractivity contribution in [3.63, 3.8) is 0 Å². The van der Waals surface area contributed by atoms with Gasteiger partial charge in [0.2, 0.25) is 11.8 Å². The molecule has 0 spiro atoms. The van der Waals surface area contributed by atoms with Crippen LogP contribution in [0.4, 0.5) is 0 Å². The third-order valence-corrected chi connectivity index (χ3v) is 3.16. The summed E-state index contributed by atoms with van der Waals surface area (Å²) in [5, 5.41) is 11.2. The normalized spacial score (nSPS) is 13.4. The number of amides is 2. The molecule has 0 heterocycles. The Hall–Kier alpha value is -1.76. The lowest BCUT2D eigenvalue weighted by molar-refractivity contribution is -0.130. The van der Waals surface area contributed by atoms with Crippen LogP contribution in [0.15, 0.2) is 12.4 Å². The summed E-state index contributed by atoms with van der Waals surface area (Å²) in [6.07, 6.45) is 1.22. The van der Waals surface area contributed by atoms with Gasteiger partial charge in [-0.25, -0.2) is 0 Å². The minimum atomic E-state index is -0.551. The number of hydrogen-bond donors (Lipinski definition) is 5. The molecule has 0 aromatic carbocycles. The molecule has 0 bridgehead atoms. The Morgan fingerprint density at radius 3 is 2.24 bits per heavy atom. The minimum absolute atomic E-state index is 0.141. The molecule has 122 valence electrons. The average molecular weight is 299 g/mol. The molecule has 2 atom stereocenters. The molecule has 21 heavy (non-hydrogen) atoms. The molecule has 2 amide bonds. The first-order valence-electron chi connectivity index (χ1n) is 7.21. The highest BCUT2D eigenvalue weighted by molar-refractivity contribution is 5.89. The van der Waals surface area contributed by atoms with Crippen LogP contribution >= 0.6 is 0 Å². The van der Waals surface area contributed by atoms with Gasteiger partial charge in [0.05, 0.1) is 11.9 Å². The summed E-state index contributed by atoms with van der Waals surface area (Å²) in [6, 6.07) is -0.871. The molecule has 7 heteroatoms. The van der Waals surface area contributed by atoms with Crippen molar-refractivity contribution < 1.29 is 9.59 Å². The number of carbonyl (C=O) groups is 2. The van der Waals surface area contributed by atoms with E-state index in [1.54, 1.807) is 14.1 Å². The summed E-state index contributed by atoms with van der Waals surface area (Å²) >= 11 is 0. The van der Waals surface area contributed by atoms with Crippen molar-refractivity contribution in [2.45, 2.75) is 38.8 Å². The first-order chi connectivity index (χ1) is 9.83. The Labute approximate surface area is 127 Å². The number of hydrogen-bond acceptors (Lipinski definition) is 5. The second kappa shape index (κ2) is 10.0. The van der Waals surface area contributed by atoms with Gasteiger partial charge in [-0.2, -0.15) is 0 Å². The molecule has 0 aromatic heterocycles. The van der Waals surface area contributed by atoms with Crippen molar-refractivity contribution in [2.75, 3.05) is 20.6 Å². The van der Waals surface area contributed by atoms with Gasteiger partial charge in [0.1, 0.15) is 6.04 Å². The lowest BCUT2D eigenvalue weighted by Crippen LogP contribution is -2.53. The van der Waals surface area contributed by atoms with E-state index in [4.69, 9.17) is 5.73 Å². The number of carbonyl (C=O) groups excluding carboxylic acids is 2. The fourth-order valence-corrected chi connectivity index (χ4v) is 2.03. The highest BCUT2D eigenvalue weighted by atomic mass is 16.2. The maximum atomic E-state index is 12.2. The molecule has 0 aliphatic heterocycles. The van der Waals surface area contributed by atoms with Gasteiger partial charge < -0.3 is 27.0 Å². The molecule has 0 rings (SSSR count). The topological polar surface area (TPSA) is 108 Å². The van der Waals surface area contributed by atoms with Crippen molar-refractivity contribution >= 4 is 11.8 Å². The predicted molar refractivity (Wildman–Crippen MR) is 84.2 cm³/mol. The van der Waals surface area contributed by atoms with Crippen molar-refractivity contribution in [3.8, 4) is 0 Å². The van der Waals surface area contributed by atoms with Crippen LogP contribution < -0.4 is 27.0 Å². The fourth-order valence-electron chi connectivity index (χ4n) is 2.03. The average Bonchev–Trinajstić information content (AvgIpc) is 2.41. The molecule has 0 saturated carbocycles. The first-order valence-corrected chi connectivity index (χ1v) is 7.21. The Morgan fingerprint density at radius 1 is 1.19 bits per heavy atom. The van der Waals surface area contributed by atoms with Gasteiger partial charge in [-0.15, -0.1) is 0 Å². The summed E-state index contributed by atoms with van der Waals surface area (Å²) in [6.45, 7) is 8.05. The van der Waals surface area contributed by atoms with Crippen LogP contribution in [-0.2, 0) is 9.59 Å². The Morgan fingerprint density at radius 2 is 1.81 bits per heavy atom. The zero-order chi connectivity index (χ0) is 16.4. The van der Waals surface area contributed by atoms with Crippen LogP contribution in [-0.4, -0.2) is 44.5 Å². The van der Waals surface area contributed by atoms with Gasteiger partial charge >= 0.3 is 0 Å². The quantitative estimate of drug-likeness (QED) is 0.342. The van der Waals surface area contributed by atoms with Crippen molar-refractivity contribution in [3.05, 3.63) is 12.4 Å². The molecule has 0 aliphatic carbocycles. The van der Waals surface area contributed by atoms with E-state index in [1.165, 1.54) is 0 Å². The molecular weight excluding hydrogens is 270 g/mol. The highest BCUT2D eigenvalue weighted by Gasteiger charge is 2.25. The molecule has 0 fully saturated rings. The van der Waals surface area contributed by atoms with Gasteiger partial charge in [0, 0.05) is 13.6 Å². The summed E-state index contributed by atoms with van der Waals surface area (Å²) in [5.41, 5.74) is 5.40. The number of nitrogens with two attached hydrogens (primary N) is 1. The molecule has 0 aliphatic rings. The van der Waals surface area contributed by atoms with Crippen molar-refractivity contribution in [2.24, 2.45) is 11.7 Å². The maximum Gasteiger partial charge on any atom is 0.242 e. The van der Waals surface area contributed by atoms with Gasteiger partial charge in [-0.1, -0.05) is 20.4 Å². The van der Waals surface area contributed by atoms with E-state index in [9.17, 15) is 9.59 Å². The summed E-state index contributed by atoms with van der Waals surface area (Å²) in [7, 11) is 3.29. The zero-order valence-corrected chi connectivity index (χ0v) is 13.5. The maximum absolute atomic E-state index is 12.2. The fraction of sp³-hybridized carbons (Fsp3) is 0.714. The Bertz CT molecular complexity index is 357. The van der Waals surface area contributed by atoms with E-state index >= 15 is 0 Å². The van der Waals surface area contributed by atoms with Gasteiger partial charge in [-0.3, -0.25) is 9.59 Å². The van der Waals surface area contributed by atoms with E-state index in [0.29, 0.717) is 25.2 Å². The van der Waals surface area contributed by atoms with E-state index in [0.717, 1.165) is 0 Å². The van der Waals surface area contributed by atoms with Crippen molar-refractivity contribution in [1.29, 1.82) is 0 Å². The number of nitrogens with one attached hydrogen (secondary N) is 4. The monoisotopic (exact) mass is 299 g/mol. The van der Waals surface area contributed by atoms with Crippen LogP contribution in [0.2, 0.25) is 0 Å². The third kappa shape index (κ3) is 7.55. The minimum Gasteiger partial charge on any atom is -0.386 e. The van der Waals surface area contributed by atoms with Crippen LogP contribution in [0.3, 0.4) is 0 Å². The SMILES string of the molecule is C=C(N)NCCCC(NC(=O)C(NC)C(C)C)C(=O)NC. The highest BCUT2D eigenvalue weighted by Crippen LogP contribution is 2.04. The molecule has 6 N–H and O–H groups in total.